The number of nitrogens with zero attached hydrogens (tertiary/aromatic N) is 4. The van der Waals surface area contributed by atoms with Crippen LogP contribution in [0, 0.1) is 18.6 Å². The number of halogens is 2. The molecule has 10 heteroatoms. The van der Waals surface area contributed by atoms with Gasteiger partial charge < -0.3 is 4.42 Å². The van der Waals surface area contributed by atoms with Gasteiger partial charge in [0.05, 0.1) is 10.9 Å². The number of rotatable bonds is 4. The molecule has 0 radical (unpaired) electrons. The molecule has 0 saturated carbocycles. The van der Waals surface area contributed by atoms with Crippen molar-refractivity contribution in [1.29, 1.82) is 0 Å². The maximum absolute atomic E-state index is 13.3. The molecule has 2 heterocycles. The minimum atomic E-state index is -3.86. The van der Waals surface area contributed by atoms with Crippen molar-refractivity contribution in [3.8, 4) is 0 Å². The van der Waals surface area contributed by atoms with Crippen molar-refractivity contribution in [1.82, 2.24) is 19.4 Å². The van der Waals surface area contributed by atoms with Crippen LogP contribution in [0.25, 0.3) is 0 Å². The van der Waals surface area contributed by atoms with Gasteiger partial charge in [0.25, 0.3) is 0 Å². The zero-order chi connectivity index (χ0) is 18.2. The second kappa shape index (κ2) is 6.77. The number of hydrogen-bond donors (Lipinski definition) is 0. The van der Waals surface area contributed by atoms with Crippen molar-refractivity contribution in [3.05, 3.63) is 41.6 Å². The highest BCUT2D eigenvalue weighted by Gasteiger charge is 2.32. The van der Waals surface area contributed by atoms with Gasteiger partial charge in [-0.05, 0) is 25.1 Å². The van der Waals surface area contributed by atoms with Crippen molar-refractivity contribution in [2.75, 3.05) is 26.2 Å². The smallest absolute Gasteiger partial charge is 0.243 e. The Hall–Kier alpha value is -1.91. The molecular weight excluding hydrogens is 354 g/mol. The summed E-state index contributed by atoms with van der Waals surface area (Å²) in [6.07, 6.45) is 0. The van der Waals surface area contributed by atoms with Gasteiger partial charge in [-0.2, -0.15) is 4.31 Å². The molecule has 25 heavy (non-hydrogen) atoms. The Kier molecular flexibility index (Phi) is 4.85. The van der Waals surface area contributed by atoms with Crippen LogP contribution in [0.5, 0.6) is 0 Å². The lowest BCUT2D eigenvalue weighted by Crippen LogP contribution is -2.49. The number of aromatic nitrogens is 2. The van der Waals surface area contributed by atoms with E-state index in [-0.39, 0.29) is 24.0 Å². The molecule has 1 aromatic carbocycles. The van der Waals surface area contributed by atoms with E-state index in [9.17, 15) is 17.2 Å². The monoisotopic (exact) mass is 372 g/mol. The molecule has 0 N–H and O–H groups in total. The maximum atomic E-state index is 13.3. The quantitative estimate of drug-likeness (QED) is 0.813. The normalized spacial score (nSPS) is 18.4. The van der Waals surface area contributed by atoms with Crippen molar-refractivity contribution >= 4 is 10.0 Å². The molecule has 136 valence electrons. The molecule has 1 unspecified atom stereocenters. The summed E-state index contributed by atoms with van der Waals surface area (Å²) in [6.45, 7) is 5.01. The van der Waals surface area contributed by atoms with Crippen LogP contribution in [0.3, 0.4) is 0 Å². The zero-order valence-electron chi connectivity index (χ0n) is 13.8. The fourth-order valence-corrected chi connectivity index (χ4v) is 4.19. The van der Waals surface area contributed by atoms with Gasteiger partial charge in [0.1, 0.15) is 0 Å². The first-order valence-corrected chi connectivity index (χ1v) is 9.22. The predicted octanol–water partition coefficient (Wildman–Crippen LogP) is 1.72. The molecule has 0 bridgehead atoms. The van der Waals surface area contributed by atoms with E-state index in [0.717, 1.165) is 12.1 Å². The van der Waals surface area contributed by atoms with Gasteiger partial charge in [0.2, 0.25) is 21.8 Å². The van der Waals surface area contributed by atoms with Crippen molar-refractivity contribution in [2.24, 2.45) is 0 Å². The van der Waals surface area contributed by atoms with Gasteiger partial charge in [0.15, 0.2) is 11.6 Å². The lowest BCUT2D eigenvalue weighted by atomic mass is 10.2. The van der Waals surface area contributed by atoms with E-state index in [4.69, 9.17) is 4.42 Å². The second-order valence-corrected chi connectivity index (χ2v) is 7.79. The lowest BCUT2D eigenvalue weighted by molar-refractivity contribution is 0.128. The van der Waals surface area contributed by atoms with E-state index in [2.05, 4.69) is 10.2 Å². The molecule has 1 aromatic heterocycles. The number of sulfonamides is 1. The Morgan fingerprint density at radius 3 is 2.36 bits per heavy atom. The molecule has 0 aliphatic carbocycles. The summed E-state index contributed by atoms with van der Waals surface area (Å²) < 4.78 is 58.2. The first-order chi connectivity index (χ1) is 11.8. The van der Waals surface area contributed by atoms with Crippen LogP contribution in [0.15, 0.2) is 27.5 Å². The fourth-order valence-electron chi connectivity index (χ4n) is 2.75. The first-order valence-electron chi connectivity index (χ1n) is 7.78. The standard InChI is InChI=1S/C15H18F2N4O3S/c1-10(15-19-18-11(2)24-15)20-5-7-21(8-6-20)25(22,23)12-3-4-13(16)14(17)9-12/h3-4,9-10H,5-8H2,1-2H3. The second-order valence-electron chi connectivity index (χ2n) is 5.85. The molecule has 1 fully saturated rings. The molecule has 1 saturated heterocycles. The van der Waals surface area contributed by atoms with Crippen LogP contribution in [-0.2, 0) is 10.0 Å². The third kappa shape index (κ3) is 3.55. The molecular formula is C15H18F2N4O3S. The summed E-state index contributed by atoms with van der Waals surface area (Å²) in [4.78, 5) is 1.78. The van der Waals surface area contributed by atoms with Crippen molar-refractivity contribution in [2.45, 2.75) is 24.8 Å². The molecule has 3 rings (SSSR count). The summed E-state index contributed by atoms with van der Waals surface area (Å²) in [6, 6.07) is 2.47. The Balaban J connectivity index is 1.69. The van der Waals surface area contributed by atoms with E-state index in [1.165, 1.54) is 4.31 Å². The average Bonchev–Trinajstić information content (AvgIpc) is 3.03. The highest BCUT2D eigenvalue weighted by Crippen LogP contribution is 2.24. The van der Waals surface area contributed by atoms with Gasteiger partial charge in [-0.15, -0.1) is 10.2 Å². The third-order valence-corrected chi connectivity index (χ3v) is 6.14. The molecule has 7 nitrogen and oxygen atoms in total. The van der Waals surface area contributed by atoms with Gasteiger partial charge in [-0.1, -0.05) is 0 Å². The van der Waals surface area contributed by atoms with Crippen LogP contribution in [-0.4, -0.2) is 54.0 Å². The largest absolute Gasteiger partial charge is 0.424 e. The van der Waals surface area contributed by atoms with Gasteiger partial charge in [-0.3, -0.25) is 4.90 Å². The van der Waals surface area contributed by atoms with E-state index < -0.39 is 21.7 Å². The minimum Gasteiger partial charge on any atom is -0.424 e. The maximum Gasteiger partial charge on any atom is 0.243 e. The third-order valence-electron chi connectivity index (χ3n) is 4.25. The summed E-state index contributed by atoms with van der Waals surface area (Å²) in [5.74, 6) is -1.30. The van der Waals surface area contributed by atoms with Crippen LogP contribution in [0.2, 0.25) is 0 Å². The number of aryl methyl sites for hydroxylation is 1. The SMILES string of the molecule is Cc1nnc(C(C)N2CCN(S(=O)(=O)c3ccc(F)c(F)c3)CC2)o1. The topological polar surface area (TPSA) is 79.5 Å². The van der Waals surface area contributed by atoms with Gasteiger partial charge in [0, 0.05) is 33.1 Å². The molecule has 1 aliphatic heterocycles. The van der Waals surface area contributed by atoms with Crippen LogP contribution in [0.1, 0.15) is 24.7 Å². The van der Waals surface area contributed by atoms with Crippen molar-refractivity contribution < 1.29 is 21.6 Å². The number of hydrogen-bond acceptors (Lipinski definition) is 6. The average molecular weight is 372 g/mol. The molecule has 0 amide bonds. The number of piperazine rings is 1. The van der Waals surface area contributed by atoms with Crippen molar-refractivity contribution in [3.63, 3.8) is 0 Å². The zero-order valence-corrected chi connectivity index (χ0v) is 14.6. The number of benzene rings is 1. The highest BCUT2D eigenvalue weighted by atomic mass is 32.2. The van der Waals surface area contributed by atoms with Gasteiger partial charge in [-0.25, -0.2) is 17.2 Å². The molecule has 2 aromatic rings. The Morgan fingerprint density at radius 2 is 1.80 bits per heavy atom. The Bertz CT molecular complexity index is 863. The van der Waals surface area contributed by atoms with Crippen LogP contribution < -0.4 is 0 Å². The predicted molar refractivity (Wildman–Crippen MR) is 84.1 cm³/mol. The summed E-state index contributed by atoms with van der Waals surface area (Å²) in [5.41, 5.74) is 0. The van der Waals surface area contributed by atoms with E-state index >= 15 is 0 Å². The molecule has 1 aliphatic rings. The Labute approximate surface area is 144 Å². The van der Waals surface area contributed by atoms with Crippen LogP contribution in [0.4, 0.5) is 8.78 Å². The van der Waals surface area contributed by atoms with E-state index in [0.29, 0.717) is 30.9 Å². The van der Waals surface area contributed by atoms with Gasteiger partial charge >= 0.3 is 0 Å². The first kappa shape index (κ1) is 17.9. The Morgan fingerprint density at radius 1 is 1.12 bits per heavy atom. The summed E-state index contributed by atoms with van der Waals surface area (Å²) >= 11 is 0. The van der Waals surface area contributed by atoms with E-state index in [1.54, 1.807) is 6.92 Å². The summed E-state index contributed by atoms with van der Waals surface area (Å²) in [5, 5.41) is 7.78. The molecule has 0 spiro atoms. The van der Waals surface area contributed by atoms with E-state index in [1.807, 2.05) is 11.8 Å². The lowest BCUT2D eigenvalue weighted by Gasteiger charge is -2.36. The summed E-state index contributed by atoms with van der Waals surface area (Å²) in [7, 11) is -3.86. The molecule has 1 atom stereocenters. The minimum absolute atomic E-state index is 0.130. The van der Waals surface area contributed by atoms with Crippen LogP contribution >= 0.6 is 0 Å². The fraction of sp³-hybridized carbons (Fsp3) is 0.467. The highest BCUT2D eigenvalue weighted by molar-refractivity contribution is 7.89.